The summed E-state index contributed by atoms with van der Waals surface area (Å²) in [4.78, 5) is 26.1. The van der Waals surface area contributed by atoms with Crippen molar-refractivity contribution in [2.75, 3.05) is 0 Å². The zero-order chi connectivity index (χ0) is 13.0. The molecule has 0 aliphatic heterocycles. The molecule has 0 saturated heterocycles. The van der Waals surface area contributed by atoms with E-state index in [1.807, 2.05) is 0 Å². The van der Waals surface area contributed by atoms with Crippen molar-refractivity contribution in [2.24, 2.45) is 5.11 Å². The maximum absolute atomic E-state index is 12.2. The summed E-state index contributed by atoms with van der Waals surface area (Å²) in [6, 6.07) is 8.63. The first-order valence-corrected chi connectivity index (χ1v) is 5.93. The first kappa shape index (κ1) is 12.0. The SMILES string of the molecule is [N-]=[N+]=NC(=O)c1cscc1C(=O)c1ccccc1. The molecule has 0 atom stereocenters. The van der Waals surface area contributed by atoms with Gasteiger partial charge in [0.2, 0.25) is 0 Å². The van der Waals surface area contributed by atoms with E-state index in [2.05, 4.69) is 10.0 Å². The van der Waals surface area contributed by atoms with Crippen LogP contribution >= 0.6 is 11.3 Å². The molecule has 1 amide bonds. The van der Waals surface area contributed by atoms with Gasteiger partial charge in [-0.25, -0.2) is 0 Å². The van der Waals surface area contributed by atoms with Gasteiger partial charge in [0.25, 0.3) is 5.91 Å². The minimum Gasteiger partial charge on any atom is -0.289 e. The Morgan fingerprint density at radius 2 is 1.78 bits per heavy atom. The maximum Gasteiger partial charge on any atom is 0.250 e. The van der Waals surface area contributed by atoms with E-state index in [0.717, 1.165) is 0 Å². The standard InChI is InChI=1S/C12H7N3O2S/c13-15-14-12(17)10-7-18-6-9(10)11(16)8-4-2-1-3-5-8/h1-7H. The average Bonchev–Trinajstić information content (AvgIpc) is 2.88. The lowest BCUT2D eigenvalue weighted by molar-refractivity contribution is 0.0982. The van der Waals surface area contributed by atoms with E-state index >= 15 is 0 Å². The summed E-state index contributed by atoms with van der Waals surface area (Å²) in [5, 5.41) is 6.09. The summed E-state index contributed by atoms with van der Waals surface area (Å²) in [5.41, 5.74) is 9.14. The topological polar surface area (TPSA) is 82.9 Å². The number of hydrogen-bond donors (Lipinski definition) is 0. The number of ketones is 1. The fourth-order valence-electron chi connectivity index (χ4n) is 1.48. The molecule has 1 aromatic heterocycles. The van der Waals surface area contributed by atoms with Crippen LogP contribution in [-0.4, -0.2) is 11.7 Å². The van der Waals surface area contributed by atoms with Crippen LogP contribution in [0.15, 0.2) is 46.2 Å². The normalized spacial score (nSPS) is 9.56. The first-order valence-electron chi connectivity index (χ1n) is 4.99. The molecule has 1 aromatic carbocycles. The van der Waals surface area contributed by atoms with E-state index in [4.69, 9.17) is 5.53 Å². The Bertz CT molecular complexity index is 642. The summed E-state index contributed by atoms with van der Waals surface area (Å²) < 4.78 is 0. The van der Waals surface area contributed by atoms with Crippen molar-refractivity contribution < 1.29 is 9.59 Å². The molecule has 0 aliphatic carbocycles. The Hall–Kier alpha value is -2.43. The number of benzene rings is 1. The van der Waals surface area contributed by atoms with E-state index in [-0.39, 0.29) is 16.9 Å². The second-order valence-corrected chi connectivity index (χ2v) is 4.13. The second-order valence-electron chi connectivity index (χ2n) is 3.39. The average molecular weight is 257 g/mol. The summed E-state index contributed by atoms with van der Waals surface area (Å²) in [5.74, 6) is -0.994. The highest BCUT2D eigenvalue weighted by Crippen LogP contribution is 2.20. The highest BCUT2D eigenvalue weighted by atomic mass is 32.1. The first-order chi connectivity index (χ1) is 8.74. The maximum atomic E-state index is 12.2. The zero-order valence-corrected chi connectivity index (χ0v) is 9.92. The lowest BCUT2D eigenvalue weighted by atomic mass is 10.0. The Morgan fingerprint density at radius 3 is 2.44 bits per heavy atom. The Morgan fingerprint density at radius 1 is 1.11 bits per heavy atom. The quantitative estimate of drug-likeness (QED) is 0.365. The second kappa shape index (κ2) is 5.27. The highest BCUT2D eigenvalue weighted by molar-refractivity contribution is 7.08. The summed E-state index contributed by atoms with van der Waals surface area (Å²) in [6.07, 6.45) is 0. The Labute approximate surface area is 106 Å². The van der Waals surface area contributed by atoms with Crippen LogP contribution in [0.1, 0.15) is 26.3 Å². The summed E-state index contributed by atoms with van der Waals surface area (Å²) in [6.45, 7) is 0. The van der Waals surface area contributed by atoms with Crippen molar-refractivity contribution in [3.8, 4) is 0 Å². The number of hydrogen-bond acceptors (Lipinski definition) is 3. The van der Waals surface area contributed by atoms with Crippen molar-refractivity contribution in [2.45, 2.75) is 0 Å². The minimum atomic E-state index is -0.738. The van der Waals surface area contributed by atoms with Gasteiger partial charge in [-0.1, -0.05) is 30.3 Å². The van der Waals surface area contributed by atoms with Crippen LogP contribution in [-0.2, 0) is 0 Å². The third kappa shape index (κ3) is 2.29. The van der Waals surface area contributed by atoms with E-state index in [1.54, 1.807) is 35.7 Å². The van der Waals surface area contributed by atoms with Crippen LogP contribution in [0.5, 0.6) is 0 Å². The highest BCUT2D eigenvalue weighted by Gasteiger charge is 2.18. The molecule has 2 rings (SSSR count). The van der Waals surface area contributed by atoms with Gasteiger partial charge in [-0.3, -0.25) is 9.59 Å². The van der Waals surface area contributed by atoms with Crippen LogP contribution < -0.4 is 0 Å². The molecule has 18 heavy (non-hydrogen) atoms. The molecule has 0 aliphatic rings. The van der Waals surface area contributed by atoms with Gasteiger partial charge in [0, 0.05) is 32.4 Å². The van der Waals surface area contributed by atoms with Gasteiger partial charge in [-0.2, -0.15) is 11.3 Å². The van der Waals surface area contributed by atoms with Crippen molar-refractivity contribution in [3.63, 3.8) is 0 Å². The van der Waals surface area contributed by atoms with E-state index in [1.165, 1.54) is 16.7 Å². The fourth-order valence-corrected chi connectivity index (χ4v) is 2.28. The molecule has 0 radical (unpaired) electrons. The van der Waals surface area contributed by atoms with Gasteiger partial charge in [0.15, 0.2) is 5.78 Å². The molecular formula is C12H7N3O2S. The molecule has 0 bridgehead atoms. The molecule has 0 spiro atoms. The molecule has 6 heteroatoms. The lowest BCUT2D eigenvalue weighted by Gasteiger charge is -2.00. The number of azide groups is 1. The largest absolute Gasteiger partial charge is 0.289 e. The van der Waals surface area contributed by atoms with Crippen LogP contribution in [0, 0.1) is 0 Å². The summed E-state index contributed by atoms with van der Waals surface area (Å²) >= 11 is 1.22. The zero-order valence-electron chi connectivity index (χ0n) is 9.11. The third-order valence-corrected chi connectivity index (χ3v) is 3.05. The predicted octanol–water partition coefficient (Wildman–Crippen LogP) is 3.43. The molecule has 1 heterocycles. The van der Waals surface area contributed by atoms with E-state index < -0.39 is 5.91 Å². The molecule has 88 valence electrons. The molecule has 0 unspecified atom stereocenters. The number of nitrogens with zero attached hydrogens (tertiary/aromatic N) is 3. The van der Waals surface area contributed by atoms with Gasteiger partial charge < -0.3 is 0 Å². The van der Waals surface area contributed by atoms with Gasteiger partial charge in [0.05, 0.1) is 0 Å². The Kier molecular flexibility index (Phi) is 3.52. The van der Waals surface area contributed by atoms with Crippen molar-refractivity contribution in [1.29, 1.82) is 0 Å². The molecule has 0 fully saturated rings. The van der Waals surface area contributed by atoms with Crippen LogP contribution in [0.25, 0.3) is 10.4 Å². The van der Waals surface area contributed by atoms with Crippen LogP contribution in [0.2, 0.25) is 0 Å². The predicted molar refractivity (Wildman–Crippen MR) is 67.7 cm³/mol. The third-order valence-electron chi connectivity index (χ3n) is 2.31. The molecular weight excluding hydrogens is 250 g/mol. The summed E-state index contributed by atoms with van der Waals surface area (Å²) in [7, 11) is 0. The van der Waals surface area contributed by atoms with Crippen molar-refractivity contribution in [3.05, 3.63) is 68.2 Å². The van der Waals surface area contributed by atoms with Gasteiger partial charge in [0.1, 0.15) is 0 Å². The number of carbonyl (C=O) groups excluding carboxylic acids is 2. The minimum absolute atomic E-state index is 0.145. The number of carbonyl (C=O) groups is 2. The van der Waals surface area contributed by atoms with Gasteiger partial charge in [-0.05, 0) is 10.6 Å². The van der Waals surface area contributed by atoms with E-state index in [0.29, 0.717) is 5.56 Å². The van der Waals surface area contributed by atoms with Crippen molar-refractivity contribution in [1.82, 2.24) is 0 Å². The number of thiophene rings is 1. The molecule has 5 nitrogen and oxygen atoms in total. The number of rotatable bonds is 3. The molecule has 0 N–H and O–H groups in total. The van der Waals surface area contributed by atoms with Crippen molar-refractivity contribution >= 4 is 23.0 Å². The monoisotopic (exact) mass is 257 g/mol. The van der Waals surface area contributed by atoms with Crippen LogP contribution in [0.3, 0.4) is 0 Å². The lowest BCUT2D eigenvalue weighted by Crippen LogP contribution is -2.05. The molecule has 0 saturated carbocycles. The molecule has 2 aromatic rings. The van der Waals surface area contributed by atoms with Crippen LogP contribution in [0.4, 0.5) is 0 Å². The van der Waals surface area contributed by atoms with Gasteiger partial charge in [-0.15, -0.1) is 0 Å². The number of amides is 1. The smallest absolute Gasteiger partial charge is 0.250 e. The van der Waals surface area contributed by atoms with Gasteiger partial charge >= 0.3 is 0 Å². The fraction of sp³-hybridized carbons (Fsp3) is 0. The van der Waals surface area contributed by atoms with E-state index in [9.17, 15) is 9.59 Å². The Balaban J connectivity index is 2.41.